The Balaban J connectivity index is 2.84. The summed E-state index contributed by atoms with van der Waals surface area (Å²) in [5.74, 6) is -3.13. The second-order valence-corrected chi connectivity index (χ2v) is 8.29. The first-order chi connectivity index (χ1) is 16.5. The van der Waals surface area contributed by atoms with Gasteiger partial charge in [0.05, 0.1) is 12.6 Å². The molecule has 0 aliphatic rings. The summed E-state index contributed by atoms with van der Waals surface area (Å²) in [6.45, 7) is 3.58. The molecule has 10 N–H and O–H groups in total. The highest BCUT2D eigenvalue weighted by molar-refractivity contribution is 5.92. The van der Waals surface area contributed by atoms with Gasteiger partial charge in [0.25, 0.3) is 0 Å². The number of nitrogens with two attached hydrogens (primary N) is 3. The molecule has 0 saturated heterocycles. The van der Waals surface area contributed by atoms with Crippen molar-refractivity contribution in [3.05, 3.63) is 35.9 Å². The van der Waals surface area contributed by atoms with Crippen molar-refractivity contribution in [3.63, 3.8) is 0 Å². The number of carboxylic acid groups (broad SMARTS) is 1. The van der Waals surface area contributed by atoms with E-state index in [4.69, 9.17) is 17.2 Å². The third kappa shape index (κ3) is 11.3. The highest BCUT2D eigenvalue weighted by atomic mass is 16.4. The normalized spacial score (nSPS) is 14.0. The van der Waals surface area contributed by atoms with Crippen molar-refractivity contribution in [3.8, 4) is 0 Å². The van der Waals surface area contributed by atoms with Crippen LogP contribution in [-0.2, 0) is 25.6 Å². The molecular formula is C23H37N7O5. The monoisotopic (exact) mass is 491 g/mol. The fraction of sp³-hybridized carbons (Fsp3) is 0.522. The van der Waals surface area contributed by atoms with Crippen LogP contribution in [0.25, 0.3) is 0 Å². The summed E-state index contributed by atoms with van der Waals surface area (Å²) in [7, 11) is 0. The number of guanidine groups is 1. The van der Waals surface area contributed by atoms with Gasteiger partial charge < -0.3 is 38.3 Å². The van der Waals surface area contributed by atoms with Crippen molar-refractivity contribution >= 4 is 29.7 Å². The van der Waals surface area contributed by atoms with Gasteiger partial charge in [0.1, 0.15) is 12.1 Å². The standard InChI is InChI=1S/C23H37N7O5/c1-3-14(2)19(24)21(33)28-13-18(31)29-17(12-15-8-5-4-6-9-15)20(32)30-16(22(34)35)10-7-11-27-23(25)26/h4-6,8-9,14,16-17,19H,3,7,10-13,24H2,1-2H3,(H,28,33)(H,29,31)(H,30,32)(H,34,35)(H4,25,26,27). The number of amides is 3. The van der Waals surface area contributed by atoms with Crippen LogP contribution in [0.5, 0.6) is 0 Å². The number of hydrogen-bond donors (Lipinski definition) is 7. The largest absolute Gasteiger partial charge is 0.480 e. The van der Waals surface area contributed by atoms with Crippen molar-refractivity contribution in [2.75, 3.05) is 13.1 Å². The SMILES string of the molecule is CCC(C)C(N)C(=O)NCC(=O)NC(Cc1ccccc1)C(=O)NC(CCCN=C(N)N)C(=O)O. The van der Waals surface area contributed by atoms with E-state index in [-0.39, 0.29) is 37.8 Å². The van der Waals surface area contributed by atoms with E-state index in [0.717, 1.165) is 5.56 Å². The molecule has 0 aromatic heterocycles. The molecule has 4 unspecified atom stereocenters. The summed E-state index contributed by atoms with van der Waals surface area (Å²) < 4.78 is 0. The molecule has 1 aromatic carbocycles. The number of benzene rings is 1. The summed E-state index contributed by atoms with van der Waals surface area (Å²) in [6, 6.07) is 5.92. The van der Waals surface area contributed by atoms with Crippen LogP contribution >= 0.6 is 0 Å². The van der Waals surface area contributed by atoms with Crippen molar-refractivity contribution in [1.82, 2.24) is 16.0 Å². The minimum atomic E-state index is -1.22. The molecule has 194 valence electrons. The number of hydrogen-bond acceptors (Lipinski definition) is 6. The average Bonchev–Trinajstić information content (AvgIpc) is 2.83. The quantitative estimate of drug-likeness (QED) is 0.0898. The van der Waals surface area contributed by atoms with Crippen LogP contribution < -0.4 is 33.2 Å². The smallest absolute Gasteiger partial charge is 0.326 e. The van der Waals surface area contributed by atoms with Crippen molar-refractivity contribution in [1.29, 1.82) is 0 Å². The molecule has 1 aromatic rings. The van der Waals surface area contributed by atoms with Crippen LogP contribution in [0, 0.1) is 5.92 Å². The van der Waals surface area contributed by atoms with E-state index < -0.39 is 41.8 Å². The molecule has 35 heavy (non-hydrogen) atoms. The number of carbonyl (C=O) groups is 4. The molecule has 0 aliphatic heterocycles. The Kier molecular flexibility index (Phi) is 12.8. The molecule has 0 fully saturated rings. The molecule has 0 aliphatic carbocycles. The third-order valence-corrected chi connectivity index (χ3v) is 5.48. The Morgan fingerprint density at radius 1 is 1.03 bits per heavy atom. The maximum Gasteiger partial charge on any atom is 0.326 e. The summed E-state index contributed by atoms with van der Waals surface area (Å²) >= 11 is 0. The Hall–Kier alpha value is -3.67. The van der Waals surface area contributed by atoms with Crippen LogP contribution in [0.1, 0.15) is 38.7 Å². The topological polar surface area (TPSA) is 215 Å². The molecule has 0 spiro atoms. The second-order valence-electron chi connectivity index (χ2n) is 8.29. The van der Waals surface area contributed by atoms with E-state index in [1.165, 1.54) is 0 Å². The molecule has 3 amide bonds. The van der Waals surface area contributed by atoms with Crippen LogP contribution in [0.4, 0.5) is 0 Å². The van der Waals surface area contributed by atoms with Gasteiger partial charge in [-0.3, -0.25) is 19.4 Å². The Morgan fingerprint density at radius 3 is 2.26 bits per heavy atom. The van der Waals surface area contributed by atoms with Gasteiger partial charge in [-0.25, -0.2) is 4.79 Å². The minimum Gasteiger partial charge on any atom is -0.480 e. The average molecular weight is 492 g/mol. The first-order valence-corrected chi connectivity index (χ1v) is 11.5. The zero-order valence-electron chi connectivity index (χ0n) is 20.2. The predicted molar refractivity (Wildman–Crippen MR) is 132 cm³/mol. The zero-order valence-corrected chi connectivity index (χ0v) is 20.2. The first-order valence-electron chi connectivity index (χ1n) is 11.5. The van der Waals surface area contributed by atoms with E-state index in [1.54, 1.807) is 24.3 Å². The molecular weight excluding hydrogens is 454 g/mol. The first kappa shape index (κ1) is 29.4. The number of carboxylic acids is 1. The summed E-state index contributed by atoms with van der Waals surface area (Å²) in [5.41, 5.74) is 17.2. The highest BCUT2D eigenvalue weighted by Crippen LogP contribution is 2.07. The molecule has 0 saturated carbocycles. The number of carbonyl (C=O) groups excluding carboxylic acids is 3. The Bertz CT molecular complexity index is 874. The maximum absolute atomic E-state index is 12.9. The lowest BCUT2D eigenvalue weighted by Crippen LogP contribution is -2.54. The number of rotatable bonds is 15. The lowest BCUT2D eigenvalue weighted by atomic mass is 9.99. The van der Waals surface area contributed by atoms with Crippen LogP contribution in [0.15, 0.2) is 35.3 Å². The summed E-state index contributed by atoms with van der Waals surface area (Å²) in [6.07, 6.45) is 1.25. The summed E-state index contributed by atoms with van der Waals surface area (Å²) in [5, 5.41) is 17.0. The molecule has 0 heterocycles. The van der Waals surface area contributed by atoms with Crippen LogP contribution in [0.3, 0.4) is 0 Å². The van der Waals surface area contributed by atoms with Gasteiger partial charge in [-0.2, -0.15) is 0 Å². The fourth-order valence-corrected chi connectivity index (χ4v) is 3.14. The lowest BCUT2D eigenvalue weighted by molar-refractivity contribution is -0.142. The molecule has 0 radical (unpaired) electrons. The highest BCUT2D eigenvalue weighted by Gasteiger charge is 2.27. The van der Waals surface area contributed by atoms with Gasteiger partial charge in [0.2, 0.25) is 17.7 Å². The molecule has 12 heteroatoms. The van der Waals surface area contributed by atoms with Crippen LogP contribution in [0.2, 0.25) is 0 Å². The van der Waals surface area contributed by atoms with E-state index in [2.05, 4.69) is 20.9 Å². The van der Waals surface area contributed by atoms with E-state index >= 15 is 0 Å². The Labute approximate surface area is 205 Å². The van der Waals surface area contributed by atoms with Gasteiger partial charge in [0, 0.05) is 13.0 Å². The number of nitrogens with one attached hydrogen (secondary N) is 3. The third-order valence-electron chi connectivity index (χ3n) is 5.48. The van der Waals surface area contributed by atoms with Crippen LogP contribution in [-0.4, -0.2) is 66.0 Å². The van der Waals surface area contributed by atoms with Crippen molar-refractivity contribution in [2.45, 2.75) is 57.7 Å². The van der Waals surface area contributed by atoms with Crippen molar-refractivity contribution < 1.29 is 24.3 Å². The maximum atomic E-state index is 12.9. The van der Waals surface area contributed by atoms with Gasteiger partial charge in [-0.1, -0.05) is 50.6 Å². The summed E-state index contributed by atoms with van der Waals surface area (Å²) in [4.78, 5) is 53.1. The lowest BCUT2D eigenvalue weighted by Gasteiger charge is -2.22. The predicted octanol–water partition coefficient (Wildman–Crippen LogP) is -1.17. The van der Waals surface area contributed by atoms with Gasteiger partial charge in [-0.15, -0.1) is 0 Å². The van der Waals surface area contributed by atoms with Gasteiger partial charge in [-0.05, 0) is 24.3 Å². The number of nitrogens with zero attached hydrogens (tertiary/aromatic N) is 1. The van der Waals surface area contributed by atoms with Gasteiger partial charge >= 0.3 is 5.97 Å². The molecule has 1 rings (SSSR count). The second kappa shape index (κ2) is 15.3. The number of aliphatic imine (C=N–C) groups is 1. The molecule has 12 nitrogen and oxygen atoms in total. The minimum absolute atomic E-state index is 0.0606. The van der Waals surface area contributed by atoms with E-state index in [9.17, 15) is 24.3 Å². The zero-order chi connectivity index (χ0) is 26.4. The number of aliphatic carboxylic acids is 1. The molecule has 4 atom stereocenters. The van der Waals surface area contributed by atoms with Crippen molar-refractivity contribution in [2.24, 2.45) is 28.1 Å². The Morgan fingerprint density at radius 2 is 1.69 bits per heavy atom. The molecule has 0 bridgehead atoms. The van der Waals surface area contributed by atoms with Gasteiger partial charge in [0.15, 0.2) is 5.96 Å². The fourth-order valence-electron chi connectivity index (χ4n) is 3.14. The van der Waals surface area contributed by atoms with E-state index in [0.29, 0.717) is 12.8 Å². The van der Waals surface area contributed by atoms with E-state index in [1.807, 2.05) is 19.9 Å².